The van der Waals surface area contributed by atoms with Gasteiger partial charge in [0.1, 0.15) is 17.3 Å². The summed E-state index contributed by atoms with van der Waals surface area (Å²) in [6.45, 7) is 7.76. The number of nitrogens with one attached hydrogen (secondary N) is 1. The number of nitrogens with zero attached hydrogens (tertiary/aromatic N) is 3. The summed E-state index contributed by atoms with van der Waals surface area (Å²) in [6, 6.07) is 11.7. The van der Waals surface area contributed by atoms with Crippen LogP contribution in [-0.2, 0) is 4.79 Å². The van der Waals surface area contributed by atoms with Gasteiger partial charge in [0, 0.05) is 11.7 Å². The predicted octanol–water partition coefficient (Wildman–Crippen LogP) is 5.19. The lowest BCUT2D eigenvalue weighted by atomic mass is 10.2. The zero-order valence-corrected chi connectivity index (χ0v) is 19.6. The van der Waals surface area contributed by atoms with E-state index in [-0.39, 0.29) is 23.8 Å². The summed E-state index contributed by atoms with van der Waals surface area (Å²) in [5, 5.41) is 12.0. The monoisotopic (exact) mass is 458 g/mol. The van der Waals surface area contributed by atoms with Crippen LogP contribution in [0.15, 0.2) is 47.6 Å². The van der Waals surface area contributed by atoms with Crippen molar-refractivity contribution < 1.29 is 18.7 Å². The Morgan fingerprint density at radius 3 is 2.47 bits per heavy atom. The number of hydrogen-bond donors (Lipinski definition) is 1. The molecule has 3 aromatic rings. The Labute approximate surface area is 191 Å². The molecule has 0 radical (unpaired) electrons. The third kappa shape index (κ3) is 5.79. The van der Waals surface area contributed by atoms with Gasteiger partial charge in [-0.05, 0) is 69.7 Å². The van der Waals surface area contributed by atoms with Gasteiger partial charge in [0.25, 0.3) is 0 Å². The molecule has 0 fully saturated rings. The molecular weight excluding hydrogens is 431 g/mol. The number of hydrogen-bond acceptors (Lipinski definition) is 6. The van der Waals surface area contributed by atoms with Crippen molar-refractivity contribution in [1.29, 1.82) is 0 Å². The topological polar surface area (TPSA) is 78.3 Å². The molecule has 0 saturated carbocycles. The number of methoxy groups -OCH3 is 1. The second-order valence-electron chi connectivity index (χ2n) is 7.54. The first kappa shape index (κ1) is 23.6. The van der Waals surface area contributed by atoms with Crippen LogP contribution in [0.4, 0.5) is 10.1 Å². The van der Waals surface area contributed by atoms with Crippen molar-refractivity contribution in [2.75, 3.05) is 18.2 Å². The SMILES string of the molecule is COc1ccc(OC(C)c2nnc(SCC(=O)Nc3cc(F)ccc3C)n2C(C)C)cc1. The molecule has 7 nitrogen and oxygen atoms in total. The summed E-state index contributed by atoms with van der Waals surface area (Å²) < 4.78 is 26.6. The molecule has 0 bridgehead atoms. The summed E-state index contributed by atoms with van der Waals surface area (Å²) in [4.78, 5) is 12.4. The Morgan fingerprint density at radius 1 is 1.12 bits per heavy atom. The molecule has 1 amide bonds. The van der Waals surface area contributed by atoms with Crippen LogP contribution in [0.3, 0.4) is 0 Å². The average molecular weight is 459 g/mol. The van der Waals surface area contributed by atoms with Crippen molar-refractivity contribution in [2.24, 2.45) is 0 Å². The van der Waals surface area contributed by atoms with E-state index in [1.165, 1.54) is 23.9 Å². The molecule has 0 aliphatic heterocycles. The van der Waals surface area contributed by atoms with E-state index in [0.29, 0.717) is 22.4 Å². The van der Waals surface area contributed by atoms with Crippen LogP contribution in [0.1, 0.15) is 44.3 Å². The minimum atomic E-state index is -0.395. The molecule has 3 rings (SSSR count). The van der Waals surface area contributed by atoms with E-state index in [2.05, 4.69) is 15.5 Å². The van der Waals surface area contributed by atoms with Crippen molar-refractivity contribution in [2.45, 2.75) is 45.0 Å². The zero-order valence-electron chi connectivity index (χ0n) is 18.8. The van der Waals surface area contributed by atoms with E-state index in [1.54, 1.807) is 13.2 Å². The van der Waals surface area contributed by atoms with Crippen molar-refractivity contribution in [3.05, 3.63) is 59.7 Å². The fourth-order valence-corrected chi connectivity index (χ4v) is 3.98. The van der Waals surface area contributed by atoms with Crippen LogP contribution in [0, 0.1) is 12.7 Å². The third-order valence-corrected chi connectivity index (χ3v) is 5.69. The number of halogens is 1. The molecule has 9 heteroatoms. The number of thioether (sulfide) groups is 1. The molecule has 0 aliphatic carbocycles. The fourth-order valence-electron chi connectivity index (χ4n) is 3.11. The molecule has 0 aliphatic rings. The zero-order chi connectivity index (χ0) is 23.3. The standard InChI is InChI=1S/C23H27FN4O3S/c1-14(2)28-22(16(4)31-19-10-8-18(30-5)9-11-19)26-27-23(28)32-13-21(29)25-20-12-17(24)7-6-15(20)3/h6-12,14,16H,13H2,1-5H3,(H,25,29). The van der Waals surface area contributed by atoms with Gasteiger partial charge in [-0.1, -0.05) is 17.8 Å². The van der Waals surface area contributed by atoms with Gasteiger partial charge in [-0.2, -0.15) is 0 Å². The maximum atomic E-state index is 13.5. The van der Waals surface area contributed by atoms with Gasteiger partial charge in [-0.15, -0.1) is 10.2 Å². The quantitative estimate of drug-likeness (QED) is 0.445. The molecule has 1 atom stereocenters. The minimum absolute atomic E-state index is 0.0675. The Bertz CT molecular complexity index is 1070. The Hall–Kier alpha value is -3.07. The van der Waals surface area contributed by atoms with E-state index in [4.69, 9.17) is 9.47 Å². The maximum Gasteiger partial charge on any atom is 0.234 e. The predicted molar refractivity (Wildman–Crippen MR) is 123 cm³/mol. The molecule has 0 spiro atoms. The second-order valence-corrected chi connectivity index (χ2v) is 8.48. The first-order valence-electron chi connectivity index (χ1n) is 10.2. The van der Waals surface area contributed by atoms with Crippen molar-refractivity contribution >= 4 is 23.4 Å². The number of carbonyl (C=O) groups is 1. The highest BCUT2D eigenvalue weighted by atomic mass is 32.2. The molecule has 1 heterocycles. The summed E-state index contributed by atoms with van der Waals surface area (Å²) in [6.07, 6.45) is -0.351. The molecule has 1 aromatic heterocycles. The summed E-state index contributed by atoms with van der Waals surface area (Å²) >= 11 is 1.27. The molecule has 170 valence electrons. The van der Waals surface area contributed by atoms with Gasteiger partial charge in [-0.25, -0.2) is 4.39 Å². The molecule has 2 aromatic carbocycles. The van der Waals surface area contributed by atoms with Gasteiger partial charge in [0.15, 0.2) is 17.1 Å². The minimum Gasteiger partial charge on any atom is -0.497 e. The normalized spacial score (nSPS) is 12.0. The molecular formula is C23H27FN4O3S. The fraction of sp³-hybridized carbons (Fsp3) is 0.348. The largest absolute Gasteiger partial charge is 0.497 e. The number of anilines is 1. The van der Waals surface area contributed by atoms with Gasteiger partial charge in [0.2, 0.25) is 5.91 Å². The highest BCUT2D eigenvalue weighted by Crippen LogP contribution is 2.28. The number of carbonyl (C=O) groups excluding carboxylic acids is 1. The van der Waals surface area contributed by atoms with E-state index in [1.807, 2.05) is 56.5 Å². The van der Waals surface area contributed by atoms with Crippen molar-refractivity contribution in [3.8, 4) is 11.5 Å². The van der Waals surface area contributed by atoms with E-state index in [9.17, 15) is 9.18 Å². The lowest BCUT2D eigenvalue weighted by Crippen LogP contribution is -2.17. The summed E-state index contributed by atoms with van der Waals surface area (Å²) in [7, 11) is 1.61. The summed E-state index contributed by atoms with van der Waals surface area (Å²) in [5.41, 5.74) is 1.25. The van der Waals surface area contributed by atoms with Crippen LogP contribution < -0.4 is 14.8 Å². The van der Waals surface area contributed by atoms with Gasteiger partial charge in [-0.3, -0.25) is 4.79 Å². The number of aromatic nitrogens is 3. The van der Waals surface area contributed by atoms with Crippen LogP contribution in [0.25, 0.3) is 0 Å². The third-order valence-electron chi connectivity index (χ3n) is 4.75. The number of ether oxygens (including phenoxy) is 2. The second kappa shape index (κ2) is 10.5. The highest BCUT2D eigenvalue weighted by Gasteiger charge is 2.22. The first-order chi connectivity index (χ1) is 15.3. The number of benzene rings is 2. The highest BCUT2D eigenvalue weighted by molar-refractivity contribution is 7.99. The lowest BCUT2D eigenvalue weighted by molar-refractivity contribution is -0.113. The Kier molecular flexibility index (Phi) is 7.74. The first-order valence-corrected chi connectivity index (χ1v) is 11.2. The van der Waals surface area contributed by atoms with Gasteiger partial charge < -0.3 is 19.4 Å². The van der Waals surface area contributed by atoms with Gasteiger partial charge >= 0.3 is 0 Å². The number of amides is 1. The summed E-state index contributed by atoms with van der Waals surface area (Å²) in [5.74, 6) is 1.59. The molecule has 32 heavy (non-hydrogen) atoms. The van der Waals surface area contributed by atoms with Crippen LogP contribution in [0.2, 0.25) is 0 Å². The van der Waals surface area contributed by atoms with E-state index >= 15 is 0 Å². The van der Waals surface area contributed by atoms with E-state index in [0.717, 1.165) is 11.3 Å². The molecule has 0 saturated heterocycles. The van der Waals surface area contributed by atoms with Crippen LogP contribution in [-0.4, -0.2) is 33.5 Å². The van der Waals surface area contributed by atoms with Crippen molar-refractivity contribution in [3.63, 3.8) is 0 Å². The maximum absolute atomic E-state index is 13.5. The molecule has 1 N–H and O–H groups in total. The van der Waals surface area contributed by atoms with Crippen LogP contribution in [0.5, 0.6) is 11.5 Å². The average Bonchev–Trinajstić information content (AvgIpc) is 3.20. The number of rotatable bonds is 9. The Balaban J connectivity index is 1.68. The smallest absolute Gasteiger partial charge is 0.234 e. The van der Waals surface area contributed by atoms with Crippen molar-refractivity contribution in [1.82, 2.24) is 14.8 Å². The van der Waals surface area contributed by atoms with Crippen LogP contribution >= 0.6 is 11.8 Å². The van der Waals surface area contributed by atoms with E-state index < -0.39 is 5.82 Å². The Morgan fingerprint density at radius 2 is 1.81 bits per heavy atom. The van der Waals surface area contributed by atoms with Gasteiger partial charge in [0.05, 0.1) is 12.9 Å². The lowest BCUT2D eigenvalue weighted by Gasteiger charge is -2.19. The number of aryl methyl sites for hydroxylation is 1. The molecule has 1 unspecified atom stereocenters.